The van der Waals surface area contributed by atoms with E-state index in [1.165, 1.54) is 18.9 Å². The van der Waals surface area contributed by atoms with E-state index in [-0.39, 0.29) is 10.6 Å². The SMILES string of the molecule is CCCNc1ccc([N+](=O)[O-])c(NCC(C)C2CC2)n1. The van der Waals surface area contributed by atoms with Crippen molar-refractivity contribution in [2.24, 2.45) is 11.8 Å². The Labute approximate surface area is 119 Å². The molecule has 1 aliphatic carbocycles. The molecule has 1 saturated carbocycles. The Bertz CT molecular complexity index is 474. The maximum atomic E-state index is 11.0. The summed E-state index contributed by atoms with van der Waals surface area (Å²) in [5.74, 6) is 2.34. The molecular formula is C14H22N4O2. The minimum Gasteiger partial charge on any atom is -0.370 e. The van der Waals surface area contributed by atoms with E-state index < -0.39 is 0 Å². The van der Waals surface area contributed by atoms with E-state index in [0.29, 0.717) is 17.6 Å². The molecule has 1 aliphatic rings. The highest BCUT2D eigenvalue weighted by Gasteiger charge is 2.28. The molecule has 1 heterocycles. The summed E-state index contributed by atoms with van der Waals surface area (Å²) in [6.07, 6.45) is 3.53. The van der Waals surface area contributed by atoms with Crippen molar-refractivity contribution in [2.45, 2.75) is 33.1 Å². The zero-order chi connectivity index (χ0) is 14.5. The van der Waals surface area contributed by atoms with Crippen molar-refractivity contribution in [1.82, 2.24) is 4.98 Å². The largest absolute Gasteiger partial charge is 0.370 e. The summed E-state index contributed by atoms with van der Waals surface area (Å²) < 4.78 is 0. The Kier molecular flexibility index (Phi) is 4.76. The van der Waals surface area contributed by atoms with Crippen LogP contribution in [0.25, 0.3) is 0 Å². The molecule has 2 rings (SSSR count). The lowest BCUT2D eigenvalue weighted by Gasteiger charge is -2.13. The summed E-state index contributed by atoms with van der Waals surface area (Å²) in [4.78, 5) is 15.0. The Hall–Kier alpha value is -1.85. The molecule has 0 aliphatic heterocycles. The number of nitrogens with one attached hydrogen (secondary N) is 2. The van der Waals surface area contributed by atoms with Crippen molar-refractivity contribution < 1.29 is 4.92 Å². The van der Waals surface area contributed by atoms with Crippen LogP contribution in [0.15, 0.2) is 12.1 Å². The van der Waals surface area contributed by atoms with Crippen LogP contribution in [0.5, 0.6) is 0 Å². The van der Waals surface area contributed by atoms with Gasteiger partial charge in [0.2, 0.25) is 5.82 Å². The van der Waals surface area contributed by atoms with Gasteiger partial charge in [0.25, 0.3) is 0 Å². The summed E-state index contributed by atoms with van der Waals surface area (Å²) in [5.41, 5.74) is 0.0371. The van der Waals surface area contributed by atoms with Gasteiger partial charge in [0, 0.05) is 19.2 Å². The predicted molar refractivity (Wildman–Crippen MR) is 80.0 cm³/mol. The molecule has 6 heteroatoms. The fourth-order valence-corrected chi connectivity index (χ4v) is 2.17. The number of anilines is 2. The van der Waals surface area contributed by atoms with Gasteiger partial charge in [-0.15, -0.1) is 0 Å². The molecule has 0 radical (unpaired) electrons. The second-order valence-electron chi connectivity index (χ2n) is 5.44. The number of pyridine rings is 1. The van der Waals surface area contributed by atoms with Crippen molar-refractivity contribution in [1.29, 1.82) is 0 Å². The predicted octanol–water partition coefficient (Wildman–Crippen LogP) is 3.27. The van der Waals surface area contributed by atoms with Crippen LogP contribution in [-0.2, 0) is 0 Å². The second-order valence-corrected chi connectivity index (χ2v) is 5.44. The normalized spacial score (nSPS) is 15.7. The molecule has 110 valence electrons. The highest BCUT2D eigenvalue weighted by Crippen LogP contribution is 2.36. The van der Waals surface area contributed by atoms with Crippen LogP contribution in [0.1, 0.15) is 33.1 Å². The lowest BCUT2D eigenvalue weighted by molar-refractivity contribution is -0.384. The van der Waals surface area contributed by atoms with Crippen molar-refractivity contribution in [2.75, 3.05) is 23.7 Å². The minimum atomic E-state index is -0.388. The molecule has 1 aromatic rings. The fraction of sp³-hybridized carbons (Fsp3) is 0.643. The first kappa shape index (κ1) is 14.6. The average molecular weight is 278 g/mol. The van der Waals surface area contributed by atoms with Gasteiger partial charge in [-0.05, 0) is 37.2 Å². The Morgan fingerprint density at radius 1 is 1.45 bits per heavy atom. The molecule has 1 atom stereocenters. The van der Waals surface area contributed by atoms with Crippen molar-refractivity contribution in [3.63, 3.8) is 0 Å². The van der Waals surface area contributed by atoms with Gasteiger partial charge in [0.15, 0.2) is 0 Å². The van der Waals surface area contributed by atoms with Crippen molar-refractivity contribution in [3.8, 4) is 0 Å². The first-order valence-corrected chi connectivity index (χ1v) is 7.25. The molecule has 20 heavy (non-hydrogen) atoms. The average Bonchev–Trinajstić information content (AvgIpc) is 3.26. The number of hydrogen-bond donors (Lipinski definition) is 2. The standard InChI is InChI=1S/C14H22N4O2/c1-3-8-15-13-7-6-12(18(19)20)14(17-13)16-9-10(2)11-4-5-11/h6-7,10-11H,3-5,8-9H2,1-2H3,(H2,15,16,17). The molecule has 0 saturated heterocycles. The third kappa shape index (κ3) is 3.82. The number of nitrogens with zero attached hydrogens (tertiary/aromatic N) is 2. The van der Waals surface area contributed by atoms with Gasteiger partial charge >= 0.3 is 5.69 Å². The van der Waals surface area contributed by atoms with Crippen LogP contribution >= 0.6 is 0 Å². The van der Waals surface area contributed by atoms with Crippen LogP contribution < -0.4 is 10.6 Å². The molecule has 1 unspecified atom stereocenters. The Morgan fingerprint density at radius 2 is 2.20 bits per heavy atom. The van der Waals surface area contributed by atoms with E-state index in [1.807, 2.05) is 0 Å². The summed E-state index contributed by atoms with van der Waals surface area (Å²) in [6.45, 7) is 5.78. The fourth-order valence-electron chi connectivity index (χ4n) is 2.17. The zero-order valence-electron chi connectivity index (χ0n) is 12.1. The van der Waals surface area contributed by atoms with Gasteiger partial charge in [-0.1, -0.05) is 13.8 Å². The number of rotatable bonds is 8. The van der Waals surface area contributed by atoms with Gasteiger partial charge < -0.3 is 10.6 Å². The van der Waals surface area contributed by atoms with Gasteiger partial charge in [-0.3, -0.25) is 10.1 Å². The second kappa shape index (κ2) is 6.54. The first-order chi connectivity index (χ1) is 9.61. The van der Waals surface area contributed by atoms with E-state index in [4.69, 9.17) is 0 Å². The van der Waals surface area contributed by atoms with Crippen LogP contribution in [0.4, 0.5) is 17.3 Å². The Balaban J connectivity index is 2.06. The summed E-state index contributed by atoms with van der Waals surface area (Å²) in [7, 11) is 0. The molecule has 0 spiro atoms. The van der Waals surface area contributed by atoms with Crippen molar-refractivity contribution >= 4 is 17.3 Å². The highest BCUT2D eigenvalue weighted by molar-refractivity contribution is 5.60. The molecule has 2 N–H and O–H groups in total. The smallest absolute Gasteiger partial charge is 0.311 e. The molecule has 1 fully saturated rings. The van der Waals surface area contributed by atoms with E-state index >= 15 is 0 Å². The van der Waals surface area contributed by atoms with E-state index in [0.717, 1.165) is 25.4 Å². The summed E-state index contributed by atoms with van der Waals surface area (Å²) in [6, 6.07) is 3.17. The van der Waals surface area contributed by atoms with Gasteiger partial charge in [-0.25, -0.2) is 4.98 Å². The van der Waals surface area contributed by atoms with Crippen LogP contribution in [0.2, 0.25) is 0 Å². The molecule has 0 aromatic carbocycles. The maximum absolute atomic E-state index is 11.0. The molecule has 6 nitrogen and oxygen atoms in total. The van der Waals surface area contributed by atoms with Crippen molar-refractivity contribution in [3.05, 3.63) is 22.2 Å². The molecule has 1 aromatic heterocycles. The number of aromatic nitrogens is 1. The van der Waals surface area contributed by atoms with Gasteiger partial charge in [-0.2, -0.15) is 0 Å². The monoisotopic (exact) mass is 278 g/mol. The van der Waals surface area contributed by atoms with Crippen LogP contribution in [-0.4, -0.2) is 23.0 Å². The molecule has 0 bridgehead atoms. The lowest BCUT2D eigenvalue weighted by atomic mass is 10.1. The third-order valence-corrected chi connectivity index (χ3v) is 3.64. The van der Waals surface area contributed by atoms with Crippen LogP contribution in [0, 0.1) is 22.0 Å². The summed E-state index contributed by atoms with van der Waals surface area (Å²) >= 11 is 0. The summed E-state index contributed by atoms with van der Waals surface area (Å²) in [5, 5.41) is 17.3. The van der Waals surface area contributed by atoms with Gasteiger partial charge in [0.05, 0.1) is 4.92 Å². The minimum absolute atomic E-state index is 0.0371. The third-order valence-electron chi connectivity index (χ3n) is 3.64. The quantitative estimate of drug-likeness (QED) is 0.563. The van der Waals surface area contributed by atoms with E-state index in [2.05, 4.69) is 29.5 Å². The number of hydrogen-bond acceptors (Lipinski definition) is 5. The highest BCUT2D eigenvalue weighted by atomic mass is 16.6. The van der Waals surface area contributed by atoms with Gasteiger partial charge in [0.1, 0.15) is 5.82 Å². The molecule has 0 amide bonds. The number of nitro groups is 1. The lowest BCUT2D eigenvalue weighted by Crippen LogP contribution is -2.15. The topological polar surface area (TPSA) is 80.1 Å². The van der Waals surface area contributed by atoms with E-state index in [1.54, 1.807) is 6.07 Å². The Morgan fingerprint density at radius 3 is 2.80 bits per heavy atom. The zero-order valence-corrected chi connectivity index (χ0v) is 12.1. The first-order valence-electron chi connectivity index (χ1n) is 7.25. The maximum Gasteiger partial charge on any atom is 0.311 e. The van der Waals surface area contributed by atoms with Crippen LogP contribution in [0.3, 0.4) is 0 Å². The molecular weight excluding hydrogens is 256 g/mol. The van der Waals surface area contributed by atoms with E-state index in [9.17, 15) is 10.1 Å².